The van der Waals surface area contributed by atoms with E-state index >= 15 is 0 Å². The molecule has 0 saturated heterocycles. The van der Waals surface area contributed by atoms with Crippen LogP contribution >= 0.6 is 11.6 Å². The van der Waals surface area contributed by atoms with Gasteiger partial charge in [-0.2, -0.15) is 5.26 Å². The van der Waals surface area contributed by atoms with Crippen molar-refractivity contribution in [2.75, 3.05) is 19.0 Å². The number of halogens is 1. The minimum atomic E-state index is -1.06. The van der Waals surface area contributed by atoms with Crippen LogP contribution in [0.5, 0.6) is 0 Å². The molecule has 90 valence electrons. The zero-order chi connectivity index (χ0) is 12.8. The van der Waals surface area contributed by atoms with Gasteiger partial charge >= 0.3 is 5.97 Å². The summed E-state index contributed by atoms with van der Waals surface area (Å²) in [5.74, 6) is -1.06. The summed E-state index contributed by atoms with van der Waals surface area (Å²) in [6, 6.07) is 5.63. The van der Waals surface area contributed by atoms with Crippen molar-refractivity contribution in [2.45, 2.75) is 6.04 Å². The maximum absolute atomic E-state index is 10.9. The molecule has 0 spiro atoms. The molecule has 0 heterocycles. The van der Waals surface area contributed by atoms with Crippen molar-refractivity contribution in [3.63, 3.8) is 0 Å². The van der Waals surface area contributed by atoms with E-state index in [1.165, 1.54) is 19.2 Å². The zero-order valence-electron chi connectivity index (χ0n) is 9.11. The summed E-state index contributed by atoms with van der Waals surface area (Å²) < 4.78 is 4.78. The zero-order valence-corrected chi connectivity index (χ0v) is 9.86. The van der Waals surface area contributed by atoms with Crippen molar-refractivity contribution in [1.82, 2.24) is 0 Å². The van der Waals surface area contributed by atoms with Crippen molar-refractivity contribution >= 4 is 23.3 Å². The lowest BCUT2D eigenvalue weighted by atomic mass is 10.1. The number of hydrogen-bond acceptors (Lipinski definition) is 4. The second-order valence-electron chi connectivity index (χ2n) is 3.29. The Morgan fingerprint density at radius 2 is 2.41 bits per heavy atom. The van der Waals surface area contributed by atoms with E-state index < -0.39 is 12.0 Å². The van der Waals surface area contributed by atoms with Gasteiger partial charge in [-0.3, -0.25) is 0 Å². The molecule has 0 bridgehead atoms. The minimum Gasteiger partial charge on any atom is -0.480 e. The van der Waals surface area contributed by atoms with Crippen molar-refractivity contribution in [3.8, 4) is 6.07 Å². The number of methoxy groups -OCH3 is 1. The Kier molecular flexibility index (Phi) is 4.76. The highest BCUT2D eigenvalue weighted by Crippen LogP contribution is 2.21. The highest BCUT2D eigenvalue weighted by molar-refractivity contribution is 6.30. The van der Waals surface area contributed by atoms with E-state index in [1.807, 2.05) is 6.07 Å². The van der Waals surface area contributed by atoms with Crippen LogP contribution in [0.15, 0.2) is 18.2 Å². The van der Waals surface area contributed by atoms with Crippen LogP contribution < -0.4 is 5.32 Å². The van der Waals surface area contributed by atoms with Gasteiger partial charge in [0.1, 0.15) is 12.1 Å². The quantitative estimate of drug-likeness (QED) is 0.836. The van der Waals surface area contributed by atoms with Crippen LogP contribution in [0.2, 0.25) is 5.02 Å². The van der Waals surface area contributed by atoms with Crippen LogP contribution in [0.3, 0.4) is 0 Å². The summed E-state index contributed by atoms with van der Waals surface area (Å²) in [5.41, 5.74) is 0.709. The molecule has 0 aliphatic carbocycles. The molecule has 0 fully saturated rings. The van der Waals surface area contributed by atoms with Crippen molar-refractivity contribution in [2.24, 2.45) is 0 Å². The monoisotopic (exact) mass is 254 g/mol. The number of benzene rings is 1. The summed E-state index contributed by atoms with van der Waals surface area (Å²) in [7, 11) is 1.40. The molecule has 0 radical (unpaired) electrons. The number of aliphatic carboxylic acids is 1. The topological polar surface area (TPSA) is 82.3 Å². The van der Waals surface area contributed by atoms with Crippen molar-refractivity contribution in [3.05, 3.63) is 28.8 Å². The highest BCUT2D eigenvalue weighted by atomic mass is 35.5. The fourth-order valence-electron chi connectivity index (χ4n) is 1.26. The molecule has 6 heteroatoms. The molecular formula is C11H11ClN2O3. The van der Waals surface area contributed by atoms with Crippen LogP contribution in [-0.4, -0.2) is 30.8 Å². The van der Waals surface area contributed by atoms with E-state index in [9.17, 15) is 4.79 Å². The Hall–Kier alpha value is -1.77. The molecule has 0 amide bonds. The van der Waals surface area contributed by atoms with Crippen LogP contribution in [-0.2, 0) is 9.53 Å². The maximum atomic E-state index is 10.9. The summed E-state index contributed by atoms with van der Waals surface area (Å²) in [6.07, 6.45) is 0. The van der Waals surface area contributed by atoms with Crippen LogP contribution in [0.25, 0.3) is 0 Å². The molecule has 0 aliphatic rings. The second kappa shape index (κ2) is 6.09. The summed E-state index contributed by atoms with van der Waals surface area (Å²) in [6.45, 7) is -0.00723. The third-order valence-electron chi connectivity index (χ3n) is 2.06. The van der Waals surface area contributed by atoms with Gasteiger partial charge < -0.3 is 15.2 Å². The normalized spacial score (nSPS) is 11.6. The summed E-state index contributed by atoms with van der Waals surface area (Å²) in [5, 5.41) is 21.0. The number of nitriles is 1. The van der Waals surface area contributed by atoms with Crippen LogP contribution in [0.4, 0.5) is 5.69 Å². The van der Waals surface area contributed by atoms with Crippen molar-refractivity contribution < 1.29 is 14.6 Å². The molecule has 0 aromatic heterocycles. The summed E-state index contributed by atoms with van der Waals surface area (Å²) >= 11 is 5.79. The predicted molar refractivity (Wildman–Crippen MR) is 63.1 cm³/mol. The first-order valence-corrected chi connectivity index (χ1v) is 5.14. The number of nitrogens with one attached hydrogen (secondary N) is 1. The molecule has 1 rings (SSSR count). The van der Waals surface area contributed by atoms with Gasteiger partial charge in [-0.1, -0.05) is 11.6 Å². The van der Waals surface area contributed by atoms with Crippen LogP contribution in [0, 0.1) is 11.3 Å². The number of carbonyl (C=O) groups is 1. The van der Waals surface area contributed by atoms with E-state index in [2.05, 4.69) is 5.32 Å². The maximum Gasteiger partial charge on any atom is 0.328 e. The minimum absolute atomic E-state index is 0.00723. The van der Waals surface area contributed by atoms with Gasteiger partial charge in [0.2, 0.25) is 0 Å². The average molecular weight is 255 g/mol. The van der Waals surface area contributed by atoms with Crippen molar-refractivity contribution in [1.29, 1.82) is 5.26 Å². The first-order valence-electron chi connectivity index (χ1n) is 4.76. The number of carboxylic acids is 1. The highest BCUT2D eigenvalue weighted by Gasteiger charge is 2.18. The molecule has 1 aromatic carbocycles. The first-order chi connectivity index (χ1) is 8.08. The largest absolute Gasteiger partial charge is 0.480 e. The van der Waals surface area contributed by atoms with Crippen LogP contribution in [0.1, 0.15) is 5.56 Å². The number of anilines is 1. The van der Waals surface area contributed by atoms with Gasteiger partial charge in [0.25, 0.3) is 0 Å². The fraction of sp³-hybridized carbons (Fsp3) is 0.273. The molecule has 0 saturated carbocycles. The standard InChI is InChI=1S/C11H11ClN2O3/c1-17-6-10(11(15)16)14-9-4-8(12)3-2-7(9)5-13/h2-4,10,14H,6H2,1H3,(H,15,16). The third kappa shape index (κ3) is 3.63. The molecule has 1 aromatic rings. The summed E-state index contributed by atoms with van der Waals surface area (Å²) in [4.78, 5) is 10.9. The van der Waals surface area contributed by atoms with E-state index in [1.54, 1.807) is 6.07 Å². The Morgan fingerprint density at radius 3 is 2.94 bits per heavy atom. The third-order valence-corrected chi connectivity index (χ3v) is 2.30. The van der Waals surface area contributed by atoms with E-state index in [0.717, 1.165) is 0 Å². The number of nitrogens with zero attached hydrogens (tertiary/aromatic N) is 1. The molecule has 0 aliphatic heterocycles. The van der Waals surface area contributed by atoms with Gasteiger partial charge in [0.05, 0.1) is 17.9 Å². The molecule has 2 N–H and O–H groups in total. The van der Waals surface area contributed by atoms with Gasteiger partial charge in [0, 0.05) is 12.1 Å². The van der Waals surface area contributed by atoms with Gasteiger partial charge in [-0.15, -0.1) is 0 Å². The molecule has 1 unspecified atom stereocenters. The first kappa shape index (κ1) is 13.3. The number of hydrogen-bond donors (Lipinski definition) is 2. The Morgan fingerprint density at radius 1 is 1.71 bits per heavy atom. The Balaban J connectivity index is 2.96. The second-order valence-corrected chi connectivity index (χ2v) is 3.73. The Bertz CT molecular complexity index is 457. The lowest BCUT2D eigenvalue weighted by Gasteiger charge is -2.15. The molecule has 17 heavy (non-hydrogen) atoms. The molecule has 1 atom stereocenters. The number of carboxylic acid groups (broad SMARTS) is 1. The fourth-order valence-corrected chi connectivity index (χ4v) is 1.43. The van der Waals surface area contributed by atoms with E-state index in [4.69, 9.17) is 26.7 Å². The smallest absolute Gasteiger partial charge is 0.328 e. The lowest BCUT2D eigenvalue weighted by molar-refractivity contribution is -0.139. The SMILES string of the molecule is COCC(Nc1cc(Cl)ccc1C#N)C(=O)O. The van der Waals surface area contributed by atoms with E-state index in [0.29, 0.717) is 16.3 Å². The number of rotatable bonds is 5. The molecule has 5 nitrogen and oxygen atoms in total. The number of ether oxygens (including phenoxy) is 1. The van der Waals surface area contributed by atoms with Gasteiger partial charge in [-0.05, 0) is 18.2 Å². The average Bonchev–Trinajstić information content (AvgIpc) is 2.28. The predicted octanol–water partition coefficient (Wildman–Crippen LogP) is 1.72. The van der Waals surface area contributed by atoms with Gasteiger partial charge in [0.15, 0.2) is 0 Å². The lowest BCUT2D eigenvalue weighted by Crippen LogP contribution is -2.33. The van der Waals surface area contributed by atoms with E-state index in [-0.39, 0.29) is 6.61 Å². The Labute approximate surface area is 104 Å². The molecular weight excluding hydrogens is 244 g/mol. The van der Waals surface area contributed by atoms with Gasteiger partial charge in [-0.25, -0.2) is 4.79 Å².